The van der Waals surface area contributed by atoms with Gasteiger partial charge in [0.2, 0.25) is 0 Å². The van der Waals surface area contributed by atoms with Crippen molar-refractivity contribution in [3.63, 3.8) is 0 Å². The molecule has 0 heterocycles. The van der Waals surface area contributed by atoms with E-state index in [1.54, 1.807) is 13.8 Å². The second-order valence-electron chi connectivity index (χ2n) is 8.11. The standard InChI is InChI=1S/C20H32O4Si/c1-15(2)18(21)23-25(17-11-7-8-12-17,24-19(22)16(3)4)20(5)13-9-6-10-14-20/h17H,1,3,6-14H2,2,4-5H3. The summed E-state index contributed by atoms with van der Waals surface area (Å²) in [5.74, 6) is -0.834. The molecule has 0 N–H and O–H groups in total. The van der Waals surface area contributed by atoms with Crippen LogP contribution in [-0.2, 0) is 18.4 Å². The van der Waals surface area contributed by atoms with E-state index in [9.17, 15) is 9.59 Å². The summed E-state index contributed by atoms with van der Waals surface area (Å²) in [6.07, 6.45) is 9.40. The molecule has 5 heteroatoms. The van der Waals surface area contributed by atoms with Gasteiger partial charge < -0.3 is 8.85 Å². The largest absolute Gasteiger partial charge is 0.481 e. The summed E-state index contributed by atoms with van der Waals surface area (Å²) in [5.41, 5.74) is 0.892. The molecule has 0 unspecified atom stereocenters. The molecule has 0 aromatic heterocycles. The third-order valence-corrected chi connectivity index (χ3v) is 10.7. The average molecular weight is 365 g/mol. The van der Waals surface area contributed by atoms with Crippen LogP contribution in [0.4, 0.5) is 0 Å². The molecule has 2 saturated carbocycles. The van der Waals surface area contributed by atoms with E-state index in [2.05, 4.69) is 20.1 Å². The molecule has 2 fully saturated rings. The second-order valence-corrected chi connectivity index (χ2v) is 11.9. The van der Waals surface area contributed by atoms with E-state index in [0.717, 1.165) is 51.4 Å². The van der Waals surface area contributed by atoms with Gasteiger partial charge in [-0.3, -0.25) is 0 Å². The van der Waals surface area contributed by atoms with Gasteiger partial charge in [0, 0.05) is 21.7 Å². The van der Waals surface area contributed by atoms with Crippen LogP contribution in [0.5, 0.6) is 0 Å². The van der Waals surface area contributed by atoms with Crippen molar-refractivity contribution in [1.82, 2.24) is 0 Å². The Balaban J connectivity index is 2.50. The van der Waals surface area contributed by atoms with E-state index in [1.165, 1.54) is 6.42 Å². The Labute approximate surface area is 152 Å². The molecule has 0 saturated heterocycles. The third-order valence-electron chi connectivity index (χ3n) is 5.88. The Bertz CT molecular complexity index is 526. The topological polar surface area (TPSA) is 52.6 Å². The second kappa shape index (κ2) is 7.90. The maximum absolute atomic E-state index is 12.6. The molecule has 2 aliphatic rings. The SMILES string of the molecule is C=C(C)C(=O)O[Si](OC(=O)C(=C)C)(C1CCCC1)C1(C)CCCCC1. The molecular formula is C20H32O4Si. The smallest absolute Gasteiger partial charge is 0.474 e. The highest BCUT2D eigenvalue weighted by Gasteiger charge is 2.65. The molecule has 140 valence electrons. The predicted octanol–water partition coefficient (Wildman–Crippen LogP) is 5.34. The molecule has 2 aliphatic carbocycles. The lowest BCUT2D eigenvalue weighted by Gasteiger charge is -2.48. The van der Waals surface area contributed by atoms with E-state index in [-0.39, 0.29) is 10.6 Å². The summed E-state index contributed by atoms with van der Waals surface area (Å²) >= 11 is 0. The zero-order valence-electron chi connectivity index (χ0n) is 16.0. The molecule has 0 aromatic carbocycles. The van der Waals surface area contributed by atoms with Gasteiger partial charge in [-0.05, 0) is 39.5 Å². The first kappa shape index (κ1) is 20.0. The Morgan fingerprint density at radius 1 is 0.880 bits per heavy atom. The monoisotopic (exact) mass is 364 g/mol. The molecule has 2 rings (SSSR count). The van der Waals surface area contributed by atoms with E-state index in [0.29, 0.717) is 11.1 Å². The minimum Gasteiger partial charge on any atom is -0.481 e. The van der Waals surface area contributed by atoms with Crippen LogP contribution in [0, 0.1) is 0 Å². The van der Waals surface area contributed by atoms with Crippen molar-refractivity contribution >= 4 is 20.5 Å². The van der Waals surface area contributed by atoms with Gasteiger partial charge in [0.05, 0.1) is 0 Å². The van der Waals surface area contributed by atoms with Gasteiger partial charge in [-0.1, -0.05) is 52.2 Å². The van der Waals surface area contributed by atoms with Crippen molar-refractivity contribution in [1.29, 1.82) is 0 Å². The van der Waals surface area contributed by atoms with Crippen molar-refractivity contribution < 1.29 is 18.4 Å². The quantitative estimate of drug-likeness (QED) is 0.472. The number of carbonyl (C=O) groups excluding carboxylic acids is 2. The van der Waals surface area contributed by atoms with Gasteiger partial charge >= 0.3 is 20.5 Å². The highest BCUT2D eigenvalue weighted by atomic mass is 28.4. The molecule has 0 spiro atoms. The first-order chi connectivity index (χ1) is 11.7. The van der Waals surface area contributed by atoms with E-state index < -0.39 is 20.5 Å². The van der Waals surface area contributed by atoms with E-state index in [4.69, 9.17) is 8.85 Å². The van der Waals surface area contributed by atoms with Crippen molar-refractivity contribution in [2.45, 2.75) is 89.1 Å². The number of hydrogen-bond acceptors (Lipinski definition) is 4. The minimum absolute atomic E-state index is 0.169. The van der Waals surface area contributed by atoms with Gasteiger partial charge in [0.15, 0.2) is 0 Å². The minimum atomic E-state index is -3.16. The van der Waals surface area contributed by atoms with Crippen LogP contribution in [0.3, 0.4) is 0 Å². The summed E-state index contributed by atoms with van der Waals surface area (Å²) in [4.78, 5) is 25.1. The fourth-order valence-corrected chi connectivity index (χ4v) is 9.33. The van der Waals surface area contributed by atoms with Gasteiger partial charge in [-0.25, -0.2) is 9.59 Å². The molecule has 0 radical (unpaired) electrons. The van der Waals surface area contributed by atoms with Crippen LogP contribution in [0.15, 0.2) is 24.3 Å². The molecule has 0 atom stereocenters. The Morgan fingerprint density at radius 2 is 1.32 bits per heavy atom. The lowest BCUT2D eigenvalue weighted by Crippen LogP contribution is -2.58. The van der Waals surface area contributed by atoms with Gasteiger partial charge in [-0.2, -0.15) is 0 Å². The molecule has 0 aliphatic heterocycles. The highest BCUT2D eigenvalue weighted by molar-refractivity contribution is 6.75. The predicted molar refractivity (Wildman–Crippen MR) is 101 cm³/mol. The average Bonchev–Trinajstić information content (AvgIpc) is 3.09. The highest BCUT2D eigenvalue weighted by Crippen LogP contribution is 2.58. The van der Waals surface area contributed by atoms with Crippen molar-refractivity contribution in [3.8, 4) is 0 Å². The summed E-state index contributed by atoms with van der Waals surface area (Å²) in [6.45, 7) is 13.0. The van der Waals surface area contributed by atoms with Crippen molar-refractivity contribution in [2.75, 3.05) is 0 Å². The van der Waals surface area contributed by atoms with Gasteiger partial charge in [0.25, 0.3) is 0 Å². The number of carbonyl (C=O) groups is 2. The Kier molecular flexibility index (Phi) is 6.30. The fraction of sp³-hybridized carbons (Fsp3) is 0.700. The summed E-state index contributed by atoms with van der Waals surface area (Å²) < 4.78 is 12.3. The first-order valence-electron chi connectivity index (χ1n) is 9.49. The van der Waals surface area contributed by atoms with E-state index in [1.807, 2.05) is 0 Å². The zero-order chi connectivity index (χ0) is 18.7. The van der Waals surface area contributed by atoms with Crippen LogP contribution in [0.2, 0.25) is 10.6 Å². The summed E-state index contributed by atoms with van der Waals surface area (Å²) in [7, 11) is -3.16. The normalized spacial score (nSPS) is 20.8. The maximum atomic E-state index is 12.6. The lowest BCUT2D eigenvalue weighted by atomic mass is 9.90. The Hall–Kier alpha value is -1.36. The van der Waals surface area contributed by atoms with Crippen LogP contribution >= 0.6 is 0 Å². The van der Waals surface area contributed by atoms with Crippen LogP contribution in [0.1, 0.15) is 78.6 Å². The van der Waals surface area contributed by atoms with Crippen LogP contribution in [-0.4, -0.2) is 20.5 Å². The van der Waals surface area contributed by atoms with Gasteiger partial charge in [0.1, 0.15) is 0 Å². The Morgan fingerprint density at radius 3 is 1.72 bits per heavy atom. The summed E-state index contributed by atoms with van der Waals surface area (Å²) in [6, 6.07) is 0. The van der Waals surface area contributed by atoms with Crippen LogP contribution < -0.4 is 0 Å². The molecule has 0 amide bonds. The lowest BCUT2D eigenvalue weighted by molar-refractivity contribution is -0.138. The van der Waals surface area contributed by atoms with Crippen LogP contribution in [0.25, 0.3) is 0 Å². The van der Waals surface area contributed by atoms with Crippen molar-refractivity contribution in [2.24, 2.45) is 0 Å². The first-order valence-corrected chi connectivity index (χ1v) is 11.4. The zero-order valence-corrected chi connectivity index (χ0v) is 17.0. The molecule has 4 nitrogen and oxygen atoms in total. The molecular weight excluding hydrogens is 332 g/mol. The maximum Gasteiger partial charge on any atom is 0.474 e. The molecule has 0 aromatic rings. The molecule has 0 bridgehead atoms. The third kappa shape index (κ3) is 4.08. The summed E-state index contributed by atoms with van der Waals surface area (Å²) in [5, 5.41) is -0.240. The number of hydrogen-bond donors (Lipinski definition) is 0. The van der Waals surface area contributed by atoms with E-state index >= 15 is 0 Å². The van der Waals surface area contributed by atoms with Crippen molar-refractivity contribution in [3.05, 3.63) is 24.3 Å². The molecule has 25 heavy (non-hydrogen) atoms. The fourth-order valence-electron chi connectivity index (χ4n) is 4.36. The number of rotatable bonds is 6. The van der Waals surface area contributed by atoms with Gasteiger partial charge in [-0.15, -0.1) is 0 Å².